The van der Waals surface area contributed by atoms with Gasteiger partial charge in [0.25, 0.3) is 0 Å². The minimum absolute atomic E-state index is 0.0395. The molecule has 0 saturated carbocycles. The third-order valence-corrected chi connectivity index (χ3v) is 5.43. The quantitative estimate of drug-likeness (QED) is 0.868. The first kappa shape index (κ1) is 18.3. The van der Waals surface area contributed by atoms with Gasteiger partial charge in [0.05, 0.1) is 12.1 Å². The summed E-state index contributed by atoms with van der Waals surface area (Å²) >= 11 is 0. The number of rotatable bonds is 5. The summed E-state index contributed by atoms with van der Waals surface area (Å²) in [7, 11) is 0. The van der Waals surface area contributed by atoms with Gasteiger partial charge < -0.3 is 15.2 Å². The van der Waals surface area contributed by atoms with Crippen molar-refractivity contribution in [2.75, 3.05) is 26.2 Å². The van der Waals surface area contributed by atoms with Gasteiger partial charge in [0.1, 0.15) is 11.6 Å². The van der Waals surface area contributed by atoms with Gasteiger partial charge in [-0.05, 0) is 59.5 Å². The zero-order valence-electron chi connectivity index (χ0n) is 15.9. The minimum Gasteiger partial charge on any atom is -0.341 e. The summed E-state index contributed by atoms with van der Waals surface area (Å²) in [6, 6.07) is 0. The van der Waals surface area contributed by atoms with E-state index in [0.717, 1.165) is 50.7 Å². The Morgan fingerprint density at radius 1 is 1.16 bits per heavy atom. The fourth-order valence-corrected chi connectivity index (χ4v) is 4.00. The number of piperidine rings is 1. The minimum atomic E-state index is -0.792. The molecule has 2 fully saturated rings. The monoisotopic (exact) mass is 348 g/mol. The molecular weight excluding hydrogens is 316 g/mol. The van der Waals surface area contributed by atoms with Gasteiger partial charge in [0, 0.05) is 25.6 Å². The molecule has 0 bridgehead atoms. The Morgan fingerprint density at radius 3 is 2.36 bits per heavy atom. The van der Waals surface area contributed by atoms with Crippen LogP contribution in [-0.2, 0) is 17.9 Å². The summed E-state index contributed by atoms with van der Waals surface area (Å²) in [6.45, 7) is 11.4. The third kappa shape index (κ3) is 4.03. The molecule has 7 heteroatoms. The van der Waals surface area contributed by atoms with E-state index in [1.807, 2.05) is 4.90 Å². The SMILES string of the molecule is CCn1c(CN2CCCC2)nnc1C1CCN(C(=O)C(C)(C)N)CC1. The Hall–Kier alpha value is -1.47. The molecule has 140 valence electrons. The van der Waals surface area contributed by atoms with Crippen molar-refractivity contribution < 1.29 is 4.79 Å². The molecule has 0 atom stereocenters. The zero-order valence-corrected chi connectivity index (χ0v) is 15.9. The maximum absolute atomic E-state index is 12.3. The van der Waals surface area contributed by atoms with E-state index in [2.05, 4.69) is 26.6 Å². The summed E-state index contributed by atoms with van der Waals surface area (Å²) in [5.74, 6) is 2.60. The number of nitrogens with two attached hydrogens (primary N) is 1. The van der Waals surface area contributed by atoms with E-state index in [4.69, 9.17) is 5.73 Å². The molecule has 2 aliphatic heterocycles. The fraction of sp³-hybridized carbons (Fsp3) is 0.833. The highest BCUT2D eigenvalue weighted by molar-refractivity contribution is 5.85. The van der Waals surface area contributed by atoms with Gasteiger partial charge >= 0.3 is 0 Å². The highest BCUT2D eigenvalue weighted by atomic mass is 16.2. The van der Waals surface area contributed by atoms with Crippen molar-refractivity contribution in [3.8, 4) is 0 Å². The lowest BCUT2D eigenvalue weighted by atomic mass is 9.94. The van der Waals surface area contributed by atoms with Gasteiger partial charge in [-0.25, -0.2) is 0 Å². The molecule has 3 heterocycles. The zero-order chi connectivity index (χ0) is 18.0. The van der Waals surface area contributed by atoms with E-state index < -0.39 is 5.54 Å². The van der Waals surface area contributed by atoms with Crippen LogP contribution in [0.25, 0.3) is 0 Å². The normalized spacial score (nSPS) is 20.4. The van der Waals surface area contributed by atoms with Crippen LogP contribution in [-0.4, -0.2) is 62.2 Å². The molecule has 2 aliphatic rings. The van der Waals surface area contributed by atoms with Crippen molar-refractivity contribution in [2.45, 2.75) is 71.0 Å². The van der Waals surface area contributed by atoms with Gasteiger partial charge in [-0.2, -0.15) is 0 Å². The number of hydrogen-bond donors (Lipinski definition) is 1. The van der Waals surface area contributed by atoms with E-state index in [1.165, 1.54) is 25.9 Å². The summed E-state index contributed by atoms with van der Waals surface area (Å²) in [5, 5.41) is 9.02. The number of amides is 1. The standard InChI is InChI=1S/C18H32N6O/c1-4-24-15(13-22-9-5-6-10-22)20-21-16(24)14-7-11-23(12-8-14)17(25)18(2,3)19/h14H,4-13,19H2,1-3H3. The highest BCUT2D eigenvalue weighted by Gasteiger charge is 2.33. The maximum atomic E-state index is 12.3. The lowest BCUT2D eigenvalue weighted by Gasteiger charge is -2.35. The second kappa shape index (κ2) is 7.41. The van der Waals surface area contributed by atoms with Crippen LogP contribution in [0.15, 0.2) is 0 Å². The molecule has 25 heavy (non-hydrogen) atoms. The van der Waals surface area contributed by atoms with Gasteiger partial charge in [-0.15, -0.1) is 10.2 Å². The van der Waals surface area contributed by atoms with Crippen molar-refractivity contribution in [1.82, 2.24) is 24.6 Å². The lowest BCUT2D eigenvalue weighted by molar-refractivity contribution is -0.136. The van der Waals surface area contributed by atoms with Crippen molar-refractivity contribution in [3.05, 3.63) is 11.6 Å². The Balaban J connectivity index is 1.65. The van der Waals surface area contributed by atoms with E-state index in [9.17, 15) is 4.79 Å². The van der Waals surface area contributed by atoms with Crippen LogP contribution < -0.4 is 5.73 Å². The summed E-state index contributed by atoms with van der Waals surface area (Å²) in [4.78, 5) is 16.7. The van der Waals surface area contributed by atoms with Crippen LogP contribution in [0.2, 0.25) is 0 Å². The lowest BCUT2D eigenvalue weighted by Crippen LogP contribution is -2.53. The van der Waals surface area contributed by atoms with Gasteiger partial charge in [-0.3, -0.25) is 9.69 Å². The van der Waals surface area contributed by atoms with Crippen LogP contribution in [0.4, 0.5) is 0 Å². The van der Waals surface area contributed by atoms with Crippen molar-refractivity contribution >= 4 is 5.91 Å². The van der Waals surface area contributed by atoms with E-state index in [1.54, 1.807) is 13.8 Å². The summed E-state index contributed by atoms with van der Waals surface area (Å²) < 4.78 is 2.29. The molecule has 3 rings (SSSR count). The first-order chi connectivity index (χ1) is 11.9. The smallest absolute Gasteiger partial charge is 0.242 e. The highest BCUT2D eigenvalue weighted by Crippen LogP contribution is 2.28. The topological polar surface area (TPSA) is 80.3 Å². The molecular formula is C18H32N6O. The molecule has 0 unspecified atom stereocenters. The second-order valence-electron chi connectivity index (χ2n) is 7.99. The molecule has 1 aromatic rings. The molecule has 2 N–H and O–H groups in total. The summed E-state index contributed by atoms with van der Waals surface area (Å²) in [6.07, 6.45) is 4.45. The summed E-state index contributed by atoms with van der Waals surface area (Å²) in [5.41, 5.74) is 5.17. The van der Waals surface area contributed by atoms with Crippen LogP contribution in [0.5, 0.6) is 0 Å². The van der Waals surface area contributed by atoms with Crippen LogP contribution >= 0.6 is 0 Å². The number of hydrogen-bond acceptors (Lipinski definition) is 5. The predicted octanol–water partition coefficient (Wildman–Crippen LogP) is 1.34. The molecule has 0 radical (unpaired) electrons. The average molecular weight is 348 g/mol. The molecule has 1 amide bonds. The van der Waals surface area contributed by atoms with Gasteiger partial charge in [0.15, 0.2) is 0 Å². The number of carbonyl (C=O) groups excluding carboxylic acids is 1. The maximum Gasteiger partial charge on any atom is 0.242 e. The molecule has 7 nitrogen and oxygen atoms in total. The van der Waals surface area contributed by atoms with E-state index in [-0.39, 0.29) is 5.91 Å². The Kier molecular flexibility index (Phi) is 5.43. The first-order valence-electron chi connectivity index (χ1n) is 9.62. The Bertz CT molecular complexity index is 591. The van der Waals surface area contributed by atoms with Crippen molar-refractivity contribution in [3.63, 3.8) is 0 Å². The first-order valence-corrected chi connectivity index (χ1v) is 9.62. The second-order valence-corrected chi connectivity index (χ2v) is 7.99. The van der Waals surface area contributed by atoms with Crippen LogP contribution in [0.1, 0.15) is 64.0 Å². The van der Waals surface area contributed by atoms with E-state index in [0.29, 0.717) is 5.92 Å². The number of carbonyl (C=O) groups is 1. The largest absolute Gasteiger partial charge is 0.341 e. The van der Waals surface area contributed by atoms with Gasteiger partial charge in [-0.1, -0.05) is 0 Å². The van der Waals surface area contributed by atoms with Gasteiger partial charge in [0.2, 0.25) is 5.91 Å². The Morgan fingerprint density at radius 2 is 1.80 bits per heavy atom. The number of likely N-dealkylation sites (tertiary alicyclic amines) is 2. The molecule has 0 aliphatic carbocycles. The average Bonchev–Trinajstić information content (AvgIpc) is 3.23. The number of aromatic nitrogens is 3. The Labute approximate surface area is 150 Å². The molecule has 0 spiro atoms. The molecule has 1 aromatic heterocycles. The van der Waals surface area contributed by atoms with E-state index >= 15 is 0 Å². The predicted molar refractivity (Wildman–Crippen MR) is 97.0 cm³/mol. The van der Waals surface area contributed by atoms with Crippen LogP contribution in [0, 0.1) is 0 Å². The van der Waals surface area contributed by atoms with Crippen molar-refractivity contribution in [2.24, 2.45) is 5.73 Å². The number of nitrogens with zero attached hydrogens (tertiary/aromatic N) is 5. The van der Waals surface area contributed by atoms with Crippen LogP contribution in [0.3, 0.4) is 0 Å². The molecule has 0 aromatic carbocycles. The fourth-order valence-electron chi connectivity index (χ4n) is 4.00. The van der Waals surface area contributed by atoms with Crippen molar-refractivity contribution in [1.29, 1.82) is 0 Å². The molecule has 2 saturated heterocycles. The third-order valence-electron chi connectivity index (χ3n) is 5.43.